The molecule has 0 bridgehead atoms. The minimum Gasteiger partial charge on any atom is -0.206 e. The number of halogens is 8. The van der Waals surface area contributed by atoms with Crippen LogP contribution in [0.3, 0.4) is 0 Å². The molecule has 4 aromatic rings. The zero-order chi connectivity index (χ0) is 34.1. The van der Waals surface area contributed by atoms with Gasteiger partial charge >= 0.3 is 12.4 Å². The average molecular weight is 657 g/mol. The standard InChI is InChI=1S/C36H16F8N4/c37-31-11-19(3-7-29(31)35(39,40)41)17-1-5-21-23-13-28-24(14-27(23)33(47-15-45)25(21)9-17)22-6-2-18(10-26(22)34(28)48-16-46)20-4-8-30(32(38)12-20)36(42,43)44/h1-14,21,25H. The van der Waals surface area contributed by atoms with Crippen LogP contribution in [-0.2, 0) is 12.4 Å². The molecule has 2 atom stereocenters. The topological polar surface area (TPSA) is 72.3 Å². The molecule has 0 N–H and O–H groups in total. The molecule has 12 heteroatoms. The zero-order valence-electron chi connectivity index (χ0n) is 24.1. The fraction of sp³-hybridized carbons (Fsp3) is 0.111. The predicted octanol–water partition coefficient (Wildman–Crippen LogP) is 9.61. The van der Waals surface area contributed by atoms with Gasteiger partial charge in [0.15, 0.2) is 0 Å². The first-order valence-electron chi connectivity index (χ1n) is 14.2. The molecule has 7 rings (SSSR count). The Morgan fingerprint density at radius 1 is 0.583 bits per heavy atom. The van der Waals surface area contributed by atoms with Gasteiger partial charge in [-0.15, -0.1) is 0 Å². The van der Waals surface area contributed by atoms with Crippen LogP contribution in [-0.4, -0.2) is 11.4 Å². The van der Waals surface area contributed by atoms with Crippen molar-refractivity contribution in [3.8, 4) is 34.6 Å². The molecular formula is C36H16F8N4. The van der Waals surface area contributed by atoms with Crippen LogP contribution in [0.2, 0.25) is 0 Å². The fourth-order valence-electron chi connectivity index (χ4n) is 6.64. The molecule has 0 fully saturated rings. The summed E-state index contributed by atoms with van der Waals surface area (Å²) in [7, 11) is 0. The number of hydrogen-bond acceptors (Lipinski definition) is 4. The zero-order valence-corrected chi connectivity index (χ0v) is 24.1. The molecule has 0 spiro atoms. The van der Waals surface area contributed by atoms with Gasteiger partial charge in [0.25, 0.3) is 0 Å². The van der Waals surface area contributed by atoms with Crippen molar-refractivity contribution in [2.75, 3.05) is 0 Å². The van der Waals surface area contributed by atoms with E-state index in [1.807, 2.05) is 12.3 Å². The fourth-order valence-corrected chi connectivity index (χ4v) is 6.64. The average Bonchev–Trinajstić information content (AvgIpc) is 3.49. The summed E-state index contributed by atoms with van der Waals surface area (Å²) in [6.07, 6.45) is -0.926. The molecule has 0 aromatic heterocycles. The number of fused-ring (bicyclic) bond motifs is 6. The van der Waals surface area contributed by atoms with E-state index in [2.05, 4.69) is 9.98 Å². The third-order valence-corrected chi connectivity index (χ3v) is 8.74. The molecule has 2 unspecified atom stereocenters. The highest BCUT2D eigenvalue weighted by Crippen LogP contribution is 2.49. The smallest absolute Gasteiger partial charge is 0.206 e. The molecule has 4 aromatic carbocycles. The Balaban J connectivity index is 1.30. The Kier molecular flexibility index (Phi) is 6.95. The summed E-state index contributed by atoms with van der Waals surface area (Å²) >= 11 is 0. The van der Waals surface area contributed by atoms with E-state index in [1.165, 1.54) is 6.07 Å². The Hall–Kier alpha value is -5.88. The van der Waals surface area contributed by atoms with Gasteiger partial charge in [-0.05, 0) is 81.4 Å². The SMILES string of the molecule is N#CN=C1c2cc(-c3ccc(C(F)(F)F)c(F)c3)ccc2-c2cc3c(cc21)C1C=CC(c2ccc(C(F)(F)F)c(F)c2)=CC1C3=NC#N. The van der Waals surface area contributed by atoms with Gasteiger partial charge in [-0.25, -0.2) is 8.78 Å². The predicted molar refractivity (Wildman–Crippen MR) is 160 cm³/mol. The van der Waals surface area contributed by atoms with Gasteiger partial charge in [-0.3, -0.25) is 0 Å². The highest BCUT2D eigenvalue weighted by Gasteiger charge is 2.41. The van der Waals surface area contributed by atoms with Gasteiger partial charge in [0.2, 0.25) is 12.4 Å². The van der Waals surface area contributed by atoms with Crippen molar-refractivity contribution in [2.24, 2.45) is 15.9 Å². The molecule has 0 saturated heterocycles. The van der Waals surface area contributed by atoms with Crippen LogP contribution in [0.25, 0.3) is 27.8 Å². The van der Waals surface area contributed by atoms with Crippen molar-refractivity contribution < 1.29 is 35.1 Å². The van der Waals surface area contributed by atoms with Gasteiger partial charge in [0.05, 0.1) is 22.6 Å². The van der Waals surface area contributed by atoms with Crippen LogP contribution in [0.4, 0.5) is 35.1 Å². The lowest BCUT2D eigenvalue weighted by atomic mass is 9.83. The Morgan fingerprint density at radius 3 is 1.79 bits per heavy atom. The summed E-state index contributed by atoms with van der Waals surface area (Å²) < 4.78 is 108. The first-order chi connectivity index (χ1) is 22.8. The quantitative estimate of drug-likeness (QED) is 0.140. The number of nitriles is 2. The summed E-state index contributed by atoms with van der Waals surface area (Å²) in [5.41, 5.74) is 2.85. The summed E-state index contributed by atoms with van der Waals surface area (Å²) in [5.74, 6) is -3.72. The van der Waals surface area contributed by atoms with Crippen LogP contribution in [0, 0.1) is 40.5 Å². The van der Waals surface area contributed by atoms with Crippen LogP contribution in [0.15, 0.2) is 94.9 Å². The van der Waals surface area contributed by atoms with Crippen LogP contribution >= 0.6 is 0 Å². The Labute approximate surface area is 266 Å². The van der Waals surface area contributed by atoms with Gasteiger partial charge in [0, 0.05) is 28.5 Å². The molecule has 48 heavy (non-hydrogen) atoms. The maximum Gasteiger partial charge on any atom is 0.419 e. The van der Waals surface area contributed by atoms with E-state index in [0.717, 1.165) is 23.8 Å². The Morgan fingerprint density at radius 2 is 1.17 bits per heavy atom. The molecular weight excluding hydrogens is 640 g/mol. The van der Waals surface area contributed by atoms with Gasteiger partial charge in [-0.2, -0.15) is 46.9 Å². The molecule has 236 valence electrons. The van der Waals surface area contributed by atoms with E-state index < -0.39 is 41.0 Å². The van der Waals surface area contributed by atoms with Crippen molar-refractivity contribution in [3.63, 3.8) is 0 Å². The second-order valence-corrected chi connectivity index (χ2v) is 11.3. The monoisotopic (exact) mass is 656 g/mol. The minimum absolute atomic E-state index is 0.187. The largest absolute Gasteiger partial charge is 0.419 e. The summed E-state index contributed by atoms with van der Waals surface area (Å²) in [5, 5.41) is 19.1. The number of hydrogen-bond donors (Lipinski definition) is 0. The maximum absolute atomic E-state index is 14.4. The lowest BCUT2D eigenvalue weighted by molar-refractivity contribution is -0.140. The van der Waals surface area contributed by atoms with Gasteiger partial charge in [-0.1, -0.05) is 42.5 Å². The van der Waals surface area contributed by atoms with Gasteiger partial charge in [0.1, 0.15) is 11.6 Å². The van der Waals surface area contributed by atoms with Crippen molar-refractivity contribution in [1.82, 2.24) is 0 Å². The van der Waals surface area contributed by atoms with Crippen molar-refractivity contribution in [2.45, 2.75) is 18.3 Å². The number of alkyl halides is 6. The number of allylic oxidation sites excluding steroid dienone is 4. The molecule has 0 heterocycles. The second kappa shape index (κ2) is 10.8. The Bertz CT molecular complexity index is 2280. The third-order valence-electron chi connectivity index (χ3n) is 8.74. The summed E-state index contributed by atoms with van der Waals surface area (Å²) in [4.78, 5) is 8.13. The van der Waals surface area contributed by atoms with Crippen molar-refractivity contribution in [1.29, 1.82) is 10.5 Å². The van der Waals surface area contributed by atoms with Crippen LogP contribution in [0.5, 0.6) is 0 Å². The van der Waals surface area contributed by atoms with E-state index in [4.69, 9.17) is 0 Å². The third kappa shape index (κ3) is 4.88. The van der Waals surface area contributed by atoms with Crippen LogP contribution in [0.1, 0.15) is 44.9 Å². The van der Waals surface area contributed by atoms with E-state index >= 15 is 0 Å². The second-order valence-electron chi connectivity index (χ2n) is 11.3. The highest BCUT2D eigenvalue weighted by molar-refractivity contribution is 6.26. The number of nitrogens with zero attached hydrogens (tertiary/aromatic N) is 4. The molecule has 3 aliphatic rings. The first kappa shape index (κ1) is 30.8. The lowest BCUT2D eigenvalue weighted by Crippen LogP contribution is -2.14. The van der Waals surface area contributed by atoms with Gasteiger partial charge < -0.3 is 0 Å². The minimum atomic E-state index is -4.85. The summed E-state index contributed by atoms with van der Waals surface area (Å²) in [6.45, 7) is 0. The van der Waals surface area contributed by atoms with E-state index in [1.54, 1.807) is 48.7 Å². The number of rotatable bonds is 2. The van der Waals surface area contributed by atoms with Crippen molar-refractivity contribution in [3.05, 3.63) is 136 Å². The van der Waals surface area contributed by atoms with E-state index in [9.17, 15) is 45.6 Å². The van der Waals surface area contributed by atoms with E-state index in [0.29, 0.717) is 56.8 Å². The van der Waals surface area contributed by atoms with Crippen molar-refractivity contribution >= 4 is 17.0 Å². The summed E-state index contributed by atoms with van der Waals surface area (Å²) in [6, 6.07) is 13.8. The molecule has 0 saturated carbocycles. The van der Waals surface area contributed by atoms with Crippen LogP contribution < -0.4 is 0 Å². The molecule has 0 amide bonds. The molecule has 3 aliphatic carbocycles. The number of aliphatic imine (C=N–C) groups is 2. The molecule has 4 nitrogen and oxygen atoms in total. The normalized spacial score (nSPS) is 19.3. The highest BCUT2D eigenvalue weighted by atomic mass is 19.4. The number of benzene rings is 4. The maximum atomic E-state index is 14.4. The lowest BCUT2D eigenvalue weighted by Gasteiger charge is -2.20. The first-order valence-corrected chi connectivity index (χ1v) is 14.2. The molecule has 0 aliphatic heterocycles. The van der Waals surface area contributed by atoms with E-state index in [-0.39, 0.29) is 22.8 Å². The molecule has 0 radical (unpaired) electrons.